The lowest BCUT2D eigenvalue weighted by Gasteiger charge is -2.12. The van der Waals surface area contributed by atoms with Gasteiger partial charge in [0.1, 0.15) is 6.61 Å². The van der Waals surface area contributed by atoms with Gasteiger partial charge in [0, 0.05) is 5.56 Å². The standard InChI is InChI=1S/C22H21NO2/c1-15-9-11-19(12-10-15)20-13-16(2)21(17(3)23-20)22(24)25-14-18-7-5-4-6-8-18/h4-13H,14H2,1-3H3. The number of carbonyl (C=O) groups excluding carboxylic acids is 1. The Balaban J connectivity index is 1.82. The molecule has 0 atom stereocenters. The monoisotopic (exact) mass is 331 g/mol. The van der Waals surface area contributed by atoms with Gasteiger partial charge in [0.15, 0.2) is 0 Å². The van der Waals surface area contributed by atoms with Crippen LogP contribution in [0.15, 0.2) is 60.7 Å². The summed E-state index contributed by atoms with van der Waals surface area (Å²) in [5.41, 5.74) is 6.20. The molecule has 0 aliphatic heterocycles. The van der Waals surface area contributed by atoms with Gasteiger partial charge in [0.2, 0.25) is 0 Å². The molecule has 0 unspecified atom stereocenters. The lowest BCUT2D eigenvalue weighted by molar-refractivity contribution is 0.0470. The molecule has 0 saturated carbocycles. The van der Waals surface area contributed by atoms with Crippen molar-refractivity contribution in [2.45, 2.75) is 27.4 Å². The fourth-order valence-electron chi connectivity index (χ4n) is 2.81. The SMILES string of the molecule is Cc1ccc(-c2cc(C)c(C(=O)OCc3ccccc3)c(C)n2)cc1. The minimum atomic E-state index is -0.332. The van der Waals surface area contributed by atoms with Crippen molar-refractivity contribution in [1.29, 1.82) is 0 Å². The van der Waals surface area contributed by atoms with Crippen molar-refractivity contribution < 1.29 is 9.53 Å². The molecule has 0 bridgehead atoms. The predicted molar refractivity (Wildman–Crippen MR) is 99.4 cm³/mol. The summed E-state index contributed by atoms with van der Waals surface area (Å²) < 4.78 is 5.46. The van der Waals surface area contributed by atoms with Gasteiger partial charge in [-0.05, 0) is 38.0 Å². The fraction of sp³-hybridized carbons (Fsp3) is 0.182. The maximum absolute atomic E-state index is 12.5. The molecule has 2 aromatic carbocycles. The molecule has 0 radical (unpaired) electrons. The van der Waals surface area contributed by atoms with Gasteiger partial charge in [-0.3, -0.25) is 4.98 Å². The van der Waals surface area contributed by atoms with E-state index >= 15 is 0 Å². The van der Waals surface area contributed by atoms with E-state index in [4.69, 9.17) is 4.74 Å². The highest BCUT2D eigenvalue weighted by Gasteiger charge is 2.17. The van der Waals surface area contributed by atoms with Crippen LogP contribution in [-0.2, 0) is 11.3 Å². The van der Waals surface area contributed by atoms with E-state index in [9.17, 15) is 4.79 Å². The first-order valence-electron chi connectivity index (χ1n) is 8.31. The molecule has 3 aromatic rings. The number of hydrogen-bond donors (Lipinski definition) is 0. The zero-order valence-corrected chi connectivity index (χ0v) is 14.7. The Morgan fingerprint density at radius 2 is 1.64 bits per heavy atom. The Morgan fingerprint density at radius 3 is 2.28 bits per heavy atom. The molecule has 1 aromatic heterocycles. The summed E-state index contributed by atoms with van der Waals surface area (Å²) in [6.45, 7) is 6.09. The molecule has 0 saturated heterocycles. The molecule has 0 fully saturated rings. The quantitative estimate of drug-likeness (QED) is 0.629. The lowest BCUT2D eigenvalue weighted by atomic mass is 10.0. The van der Waals surface area contributed by atoms with E-state index < -0.39 is 0 Å². The zero-order chi connectivity index (χ0) is 17.8. The highest BCUT2D eigenvalue weighted by molar-refractivity contribution is 5.92. The van der Waals surface area contributed by atoms with Crippen molar-refractivity contribution in [1.82, 2.24) is 4.98 Å². The molecule has 0 spiro atoms. The molecule has 3 rings (SSSR count). The minimum Gasteiger partial charge on any atom is -0.457 e. The van der Waals surface area contributed by atoms with Gasteiger partial charge < -0.3 is 4.74 Å². The number of nitrogens with zero attached hydrogens (tertiary/aromatic N) is 1. The van der Waals surface area contributed by atoms with E-state index in [2.05, 4.69) is 24.0 Å². The van der Waals surface area contributed by atoms with Crippen molar-refractivity contribution in [3.8, 4) is 11.3 Å². The predicted octanol–water partition coefficient (Wildman–Crippen LogP) is 5.03. The second kappa shape index (κ2) is 7.31. The van der Waals surface area contributed by atoms with E-state index in [0.29, 0.717) is 11.3 Å². The van der Waals surface area contributed by atoms with Gasteiger partial charge >= 0.3 is 5.97 Å². The highest BCUT2D eigenvalue weighted by atomic mass is 16.5. The van der Waals surface area contributed by atoms with Gasteiger partial charge in [-0.15, -0.1) is 0 Å². The fourth-order valence-corrected chi connectivity index (χ4v) is 2.81. The molecule has 126 valence electrons. The first-order chi connectivity index (χ1) is 12.0. The van der Waals surface area contributed by atoms with Gasteiger partial charge in [-0.1, -0.05) is 60.2 Å². The third-order valence-corrected chi connectivity index (χ3v) is 4.16. The summed E-state index contributed by atoms with van der Waals surface area (Å²) in [6, 6.07) is 19.8. The first kappa shape index (κ1) is 16.9. The third-order valence-electron chi connectivity index (χ3n) is 4.16. The second-order valence-electron chi connectivity index (χ2n) is 6.21. The molecular formula is C22H21NO2. The molecular weight excluding hydrogens is 310 g/mol. The van der Waals surface area contributed by atoms with Crippen molar-refractivity contribution in [3.63, 3.8) is 0 Å². The number of aromatic nitrogens is 1. The minimum absolute atomic E-state index is 0.262. The number of aryl methyl sites for hydroxylation is 3. The van der Waals surface area contributed by atoms with Crippen LogP contribution in [0.5, 0.6) is 0 Å². The number of ether oxygens (including phenoxy) is 1. The number of rotatable bonds is 4. The number of carbonyl (C=O) groups is 1. The number of esters is 1. The van der Waals surface area contributed by atoms with Crippen LogP contribution in [0.3, 0.4) is 0 Å². The summed E-state index contributed by atoms with van der Waals surface area (Å²) >= 11 is 0. The largest absolute Gasteiger partial charge is 0.457 e. The summed E-state index contributed by atoms with van der Waals surface area (Å²) in [6.07, 6.45) is 0. The number of pyridine rings is 1. The van der Waals surface area contributed by atoms with Crippen LogP contribution in [-0.4, -0.2) is 11.0 Å². The van der Waals surface area contributed by atoms with Gasteiger partial charge in [0.25, 0.3) is 0 Å². The molecule has 3 heteroatoms. The Labute approximate surface area is 148 Å². The van der Waals surface area contributed by atoms with E-state index in [0.717, 1.165) is 22.4 Å². The van der Waals surface area contributed by atoms with Gasteiger partial charge in [0.05, 0.1) is 17.0 Å². The molecule has 0 aliphatic rings. The summed E-state index contributed by atoms with van der Waals surface area (Å²) in [5.74, 6) is -0.332. The molecule has 0 amide bonds. The van der Waals surface area contributed by atoms with Gasteiger partial charge in [-0.2, -0.15) is 0 Å². The topological polar surface area (TPSA) is 39.2 Å². The summed E-state index contributed by atoms with van der Waals surface area (Å²) in [7, 11) is 0. The number of benzene rings is 2. The van der Waals surface area contributed by atoms with E-state index in [1.807, 2.05) is 62.4 Å². The molecule has 3 nitrogen and oxygen atoms in total. The van der Waals surface area contributed by atoms with Crippen LogP contribution in [0, 0.1) is 20.8 Å². The van der Waals surface area contributed by atoms with Crippen LogP contribution >= 0.6 is 0 Å². The van der Waals surface area contributed by atoms with Crippen LogP contribution in [0.25, 0.3) is 11.3 Å². The molecule has 0 aliphatic carbocycles. The molecule has 1 heterocycles. The van der Waals surface area contributed by atoms with Crippen molar-refractivity contribution in [2.24, 2.45) is 0 Å². The van der Waals surface area contributed by atoms with Gasteiger partial charge in [-0.25, -0.2) is 4.79 Å². The van der Waals surface area contributed by atoms with E-state index in [-0.39, 0.29) is 12.6 Å². The van der Waals surface area contributed by atoms with Crippen molar-refractivity contribution in [2.75, 3.05) is 0 Å². The first-order valence-corrected chi connectivity index (χ1v) is 8.31. The Hall–Kier alpha value is -2.94. The van der Waals surface area contributed by atoms with E-state index in [1.165, 1.54) is 5.56 Å². The van der Waals surface area contributed by atoms with Crippen molar-refractivity contribution >= 4 is 5.97 Å². The average molecular weight is 331 g/mol. The Bertz CT molecular complexity index is 861. The van der Waals surface area contributed by atoms with Crippen LogP contribution in [0.2, 0.25) is 0 Å². The second-order valence-corrected chi connectivity index (χ2v) is 6.21. The third kappa shape index (κ3) is 3.94. The normalized spacial score (nSPS) is 10.5. The maximum atomic E-state index is 12.5. The lowest BCUT2D eigenvalue weighted by Crippen LogP contribution is -2.11. The summed E-state index contributed by atoms with van der Waals surface area (Å²) in [4.78, 5) is 17.1. The van der Waals surface area contributed by atoms with Crippen LogP contribution in [0.1, 0.15) is 32.7 Å². The highest BCUT2D eigenvalue weighted by Crippen LogP contribution is 2.23. The van der Waals surface area contributed by atoms with E-state index in [1.54, 1.807) is 0 Å². The Kier molecular flexibility index (Phi) is 4.94. The Morgan fingerprint density at radius 1 is 0.960 bits per heavy atom. The van der Waals surface area contributed by atoms with Crippen molar-refractivity contribution in [3.05, 3.63) is 88.6 Å². The summed E-state index contributed by atoms with van der Waals surface area (Å²) in [5, 5.41) is 0. The average Bonchev–Trinajstić information content (AvgIpc) is 2.61. The van der Waals surface area contributed by atoms with Crippen LogP contribution < -0.4 is 0 Å². The number of hydrogen-bond acceptors (Lipinski definition) is 3. The zero-order valence-electron chi connectivity index (χ0n) is 14.7. The van der Waals surface area contributed by atoms with Crippen LogP contribution in [0.4, 0.5) is 0 Å². The molecule has 25 heavy (non-hydrogen) atoms. The smallest absolute Gasteiger partial charge is 0.340 e. The maximum Gasteiger partial charge on any atom is 0.340 e. The molecule has 0 N–H and O–H groups in total.